The lowest BCUT2D eigenvalue weighted by atomic mass is 9.99. The van der Waals surface area contributed by atoms with E-state index in [9.17, 15) is 9.90 Å². The van der Waals surface area contributed by atoms with Gasteiger partial charge in [0.1, 0.15) is 6.10 Å². The van der Waals surface area contributed by atoms with Crippen LogP contribution in [0.3, 0.4) is 0 Å². The minimum Gasteiger partial charge on any atom is -0.380 e. The van der Waals surface area contributed by atoms with Crippen molar-refractivity contribution < 1.29 is 9.90 Å². The van der Waals surface area contributed by atoms with Crippen LogP contribution in [0.1, 0.15) is 27.7 Å². The Bertz CT molecular complexity index is 797. The zero-order chi connectivity index (χ0) is 14.8. The molecule has 0 aliphatic rings. The Kier molecular flexibility index (Phi) is 3.50. The van der Waals surface area contributed by atoms with Gasteiger partial charge in [0.15, 0.2) is 5.78 Å². The van der Waals surface area contributed by atoms with Gasteiger partial charge < -0.3 is 5.11 Å². The van der Waals surface area contributed by atoms with Crippen molar-refractivity contribution in [2.45, 2.75) is 13.0 Å². The molecular weight excluding hydrogens is 262 g/mol. The molecule has 0 spiro atoms. The molecule has 0 aliphatic carbocycles. The number of nitrogens with zero attached hydrogens (tertiary/aromatic N) is 1. The Morgan fingerprint density at radius 2 is 1.81 bits per heavy atom. The van der Waals surface area contributed by atoms with Gasteiger partial charge in [-0.15, -0.1) is 0 Å². The number of aliphatic hydroxyl groups excluding tert-OH is 1. The number of ketones is 1. The first-order valence-electron chi connectivity index (χ1n) is 6.80. The number of Topliss-reactive ketones (excluding diaryl/α,β-unsaturated/α-hetero) is 1. The molecule has 0 bridgehead atoms. The summed E-state index contributed by atoms with van der Waals surface area (Å²) in [5.41, 5.74) is 2.88. The number of carbonyl (C=O) groups excluding carboxylic acids is 1. The molecule has 0 amide bonds. The van der Waals surface area contributed by atoms with E-state index < -0.39 is 6.10 Å². The van der Waals surface area contributed by atoms with Gasteiger partial charge in [-0.2, -0.15) is 0 Å². The van der Waals surface area contributed by atoms with E-state index in [1.165, 1.54) is 0 Å². The third-order valence-corrected chi connectivity index (χ3v) is 3.48. The summed E-state index contributed by atoms with van der Waals surface area (Å²) >= 11 is 0. The molecule has 2 aromatic carbocycles. The number of hydrogen-bond acceptors (Lipinski definition) is 3. The van der Waals surface area contributed by atoms with Crippen molar-refractivity contribution in [2.24, 2.45) is 0 Å². The molecule has 0 fully saturated rings. The fourth-order valence-corrected chi connectivity index (χ4v) is 2.33. The van der Waals surface area contributed by atoms with E-state index in [1.807, 2.05) is 31.2 Å². The van der Waals surface area contributed by atoms with Crippen LogP contribution < -0.4 is 0 Å². The number of aromatic nitrogens is 1. The lowest BCUT2D eigenvalue weighted by molar-refractivity contribution is 0.0747. The molecule has 0 aliphatic heterocycles. The van der Waals surface area contributed by atoms with Gasteiger partial charge in [0.05, 0.1) is 5.52 Å². The van der Waals surface area contributed by atoms with E-state index in [4.69, 9.17) is 0 Å². The SMILES string of the molecule is Cc1ccc2cc(C(=O)C(O)c3ccccc3)ccc2n1. The fraction of sp³-hybridized carbons (Fsp3) is 0.111. The van der Waals surface area contributed by atoms with Gasteiger partial charge in [-0.3, -0.25) is 9.78 Å². The summed E-state index contributed by atoms with van der Waals surface area (Å²) in [6.07, 6.45) is -1.14. The van der Waals surface area contributed by atoms with Crippen LogP contribution in [0.15, 0.2) is 60.7 Å². The zero-order valence-electron chi connectivity index (χ0n) is 11.7. The quantitative estimate of drug-likeness (QED) is 0.746. The van der Waals surface area contributed by atoms with Crippen LogP contribution in [0.5, 0.6) is 0 Å². The van der Waals surface area contributed by atoms with Crippen LogP contribution in [0.4, 0.5) is 0 Å². The minimum atomic E-state index is -1.14. The highest BCUT2D eigenvalue weighted by Gasteiger charge is 2.19. The molecule has 1 N–H and O–H groups in total. The molecule has 3 heteroatoms. The maximum Gasteiger partial charge on any atom is 0.195 e. The third kappa shape index (κ3) is 2.69. The largest absolute Gasteiger partial charge is 0.380 e. The maximum absolute atomic E-state index is 12.4. The van der Waals surface area contributed by atoms with Crippen molar-refractivity contribution in [1.29, 1.82) is 0 Å². The predicted octanol–water partition coefficient (Wildman–Crippen LogP) is 3.46. The summed E-state index contributed by atoms with van der Waals surface area (Å²) in [4.78, 5) is 16.8. The van der Waals surface area contributed by atoms with E-state index in [-0.39, 0.29) is 5.78 Å². The molecule has 0 saturated carbocycles. The molecular formula is C18H15NO2. The molecule has 104 valence electrons. The minimum absolute atomic E-state index is 0.302. The average molecular weight is 277 g/mol. The number of pyridine rings is 1. The summed E-state index contributed by atoms with van der Waals surface area (Å²) in [5, 5.41) is 11.1. The van der Waals surface area contributed by atoms with E-state index in [2.05, 4.69) is 4.98 Å². The van der Waals surface area contributed by atoms with Crippen LogP contribution in [-0.2, 0) is 0 Å². The van der Waals surface area contributed by atoms with Gasteiger partial charge in [-0.05, 0) is 36.8 Å². The summed E-state index contributed by atoms with van der Waals surface area (Å²) in [6.45, 7) is 1.93. The van der Waals surface area contributed by atoms with Gasteiger partial charge >= 0.3 is 0 Å². The number of aliphatic hydroxyl groups is 1. The first kappa shape index (κ1) is 13.5. The van der Waals surface area contributed by atoms with Crippen molar-refractivity contribution in [3.05, 3.63) is 77.5 Å². The van der Waals surface area contributed by atoms with Gasteiger partial charge in [0, 0.05) is 16.6 Å². The van der Waals surface area contributed by atoms with Gasteiger partial charge in [0.25, 0.3) is 0 Å². The second-order valence-corrected chi connectivity index (χ2v) is 5.04. The Balaban J connectivity index is 1.96. The fourth-order valence-electron chi connectivity index (χ4n) is 2.33. The van der Waals surface area contributed by atoms with Crippen LogP contribution in [0.2, 0.25) is 0 Å². The third-order valence-electron chi connectivity index (χ3n) is 3.48. The Morgan fingerprint density at radius 1 is 1.05 bits per heavy atom. The smallest absolute Gasteiger partial charge is 0.195 e. The Labute approximate surface area is 122 Å². The number of aryl methyl sites for hydroxylation is 1. The molecule has 1 unspecified atom stereocenters. The number of hydrogen-bond donors (Lipinski definition) is 1. The Morgan fingerprint density at radius 3 is 2.57 bits per heavy atom. The summed E-state index contributed by atoms with van der Waals surface area (Å²) in [7, 11) is 0. The summed E-state index contributed by atoms with van der Waals surface area (Å²) in [6, 6.07) is 18.1. The normalized spacial score (nSPS) is 12.3. The predicted molar refractivity (Wildman–Crippen MR) is 82.2 cm³/mol. The highest BCUT2D eigenvalue weighted by Crippen LogP contribution is 2.21. The Hall–Kier alpha value is -2.52. The number of rotatable bonds is 3. The first-order chi connectivity index (χ1) is 10.1. The van der Waals surface area contributed by atoms with Crippen molar-refractivity contribution in [3.8, 4) is 0 Å². The van der Waals surface area contributed by atoms with E-state index >= 15 is 0 Å². The maximum atomic E-state index is 12.4. The number of carbonyl (C=O) groups is 1. The second-order valence-electron chi connectivity index (χ2n) is 5.04. The summed E-state index contributed by atoms with van der Waals surface area (Å²) < 4.78 is 0. The van der Waals surface area contributed by atoms with E-state index in [0.717, 1.165) is 16.6 Å². The van der Waals surface area contributed by atoms with E-state index in [1.54, 1.807) is 36.4 Å². The van der Waals surface area contributed by atoms with Crippen LogP contribution >= 0.6 is 0 Å². The molecule has 21 heavy (non-hydrogen) atoms. The standard InChI is InChI=1S/C18H15NO2/c1-12-7-8-14-11-15(9-10-16(14)19-12)18(21)17(20)13-5-3-2-4-6-13/h2-11,17,20H,1H3. The average Bonchev–Trinajstić information content (AvgIpc) is 2.53. The zero-order valence-corrected chi connectivity index (χ0v) is 11.7. The van der Waals surface area contributed by atoms with Crippen LogP contribution in [-0.4, -0.2) is 15.9 Å². The molecule has 1 heterocycles. The van der Waals surface area contributed by atoms with Gasteiger partial charge in [-0.1, -0.05) is 36.4 Å². The number of fused-ring (bicyclic) bond motifs is 1. The second kappa shape index (κ2) is 5.46. The van der Waals surface area contributed by atoms with Crippen molar-refractivity contribution in [2.75, 3.05) is 0 Å². The molecule has 3 aromatic rings. The van der Waals surface area contributed by atoms with Crippen LogP contribution in [0, 0.1) is 6.92 Å². The van der Waals surface area contributed by atoms with Gasteiger partial charge in [0.2, 0.25) is 0 Å². The van der Waals surface area contributed by atoms with Crippen molar-refractivity contribution in [3.63, 3.8) is 0 Å². The molecule has 3 nitrogen and oxygen atoms in total. The molecule has 1 aromatic heterocycles. The summed E-state index contributed by atoms with van der Waals surface area (Å²) in [5.74, 6) is -0.302. The lowest BCUT2D eigenvalue weighted by Gasteiger charge is -2.10. The topological polar surface area (TPSA) is 50.2 Å². The molecule has 0 radical (unpaired) electrons. The molecule has 1 atom stereocenters. The highest BCUT2D eigenvalue weighted by atomic mass is 16.3. The first-order valence-corrected chi connectivity index (χ1v) is 6.80. The van der Waals surface area contributed by atoms with Crippen LogP contribution in [0.25, 0.3) is 10.9 Å². The van der Waals surface area contributed by atoms with E-state index in [0.29, 0.717) is 11.1 Å². The highest BCUT2D eigenvalue weighted by molar-refractivity contribution is 6.02. The molecule has 3 rings (SSSR count). The molecule has 0 saturated heterocycles. The van der Waals surface area contributed by atoms with Crippen molar-refractivity contribution in [1.82, 2.24) is 4.98 Å². The number of benzene rings is 2. The van der Waals surface area contributed by atoms with Crippen molar-refractivity contribution >= 4 is 16.7 Å². The monoisotopic (exact) mass is 277 g/mol. The van der Waals surface area contributed by atoms with Gasteiger partial charge in [-0.25, -0.2) is 0 Å². The lowest BCUT2D eigenvalue weighted by Crippen LogP contribution is -2.12.